The van der Waals surface area contributed by atoms with Crippen molar-refractivity contribution in [3.05, 3.63) is 65.5 Å². The van der Waals surface area contributed by atoms with Gasteiger partial charge in [-0.1, -0.05) is 29.8 Å². The van der Waals surface area contributed by atoms with Gasteiger partial charge >= 0.3 is 0 Å². The molecule has 1 atom stereocenters. The molecule has 0 saturated carbocycles. The molecule has 1 fully saturated rings. The quantitative estimate of drug-likeness (QED) is 0.812. The summed E-state index contributed by atoms with van der Waals surface area (Å²) >= 11 is 0. The lowest BCUT2D eigenvalue weighted by Crippen LogP contribution is -2.44. The van der Waals surface area contributed by atoms with Crippen LogP contribution in [0.2, 0.25) is 0 Å². The maximum absolute atomic E-state index is 12.9. The smallest absolute Gasteiger partial charge is 0.258 e. The first-order chi connectivity index (χ1) is 13.1. The van der Waals surface area contributed by atoms with Gasteiger partial charge in [0.1, 0.15) is 11.6 Å². The number of aryl methyl sites for hydroxylation is 1. The van der Waals surface area contributed by atoms with Crippen LogP contribution < -0.4 is 10.1 Å². The van der Waals surface area contributed by atoms with Gasteiger partial charge in [-0.25, -0.2) is 4.39 Å². The van der Waals surface area contributed by atoms with Crippen molar-refractivity contribution >= 4 is 5.91 Å². The molecule has 1 heterocycles. The van der Waals surface area contributed by atoms with Crippen molar-refractivity contribution in [2.75, 3.05) is 39.5 Å². The van der Waals surface area contributed by atoms with E-state index in [-0.39, 0.29) is 24.4 Å². The van der Waals surface area contributed by atoms with E-state index in [2.05, 4.69) is 41.4 Å². The maximum atomic E-state index is 12.9. The highest BCUT2D eigenvalue weighted by Crippen LogP contribution is 2.21. The second kappa shape index (κ2) is 9.48. The standard InChI is InChI=1S/C21H25FN2O3/c1-16-2-4-17(5-3-16)20(24-10-12-26-13-11-24)14-23-21(25)15-27-19-8-6-18(22)7-9-19/h2-9,20H,10-15H2,1H3,(H,23,25)/t20-/m1/s1. The first kappa shape index (κ1) is 19.3. The van der Waals surface area contributed by atoms with Crippen molar-refractivity contribution in [1.82, 2.24) is 10.2 Å². The van der Waals surface area contributed by atoms with E-state index in [0.29, 0.717) is 25.5 Å². The van der Waals surface area contributed by atoms with Crippen molar-refractivity contribution in [3.63, 3.8) is 0 Å². The molecular formula is C21H25FN2O3. The molecule has 27 heavy (non-hydrogen) atoms. The molecule has 1 aliphatic heterocycles. The van der Waals surface area contributed by atoms with E-state index in [1.807, 2.05) is 0 Å². The SMILES string of the molecule is Cc1ccc([C@@H](CNC(=O)COc2ccc(F)cc2)N2CCOCC2)cc1. The minimum absolute atomic E-state index is 0.0873. The number of carbonyl (C=O) groups excluding carboxylic acids is 1. The van der Waals surface area contributed by atoms with E-state index in [0.717, 1.165) is 13.1 Å². The number of hydrogen-bond donors (Lipinski definition) is 1. The van der Waals surface area contributed by atoms with Crippen molar-refractivity contribution < 1.29 is 18.7 Å². The number of benzene rings is 2. The van der Waals surface area contributed by atoms with Crippen LogP contribution in [0.5, 0.6) is 5.75 Å². The van der Waals surface area contributed by atoms with Crippen LogP contribution in [0, 0.1) is 12.7 Å². The average molecular weight is 372 g/mol. The Morgan fingerprint density at radius 2 is 1.81 bits per heavy atom. The number of carbonyl (C=O) groups is 1. The van der Waals surface area contributed by atoms with E-state index in [9.17, 15) is 9.18 Å². The summed E-state index contributed by atoms with van der Waals surface area (Å²) in [5, 5.41) is 2.95. The van der Waals surface area contributed by atoms with Gasteiger partial charge in [-0.15, -0.1) is 0 Å². The molecule has 2 aromatic rings. The molecule has 0 aromatic heterocycles. The highest BCUT2D eigenvalue weighted by atomic mass is 19.1. The summed E-state index contributed by atoms with van der Waals surface area (Å²) in [6.45, 7) is 5.51. The third-order valence-electron chi connectivity index (χ3n) is 4.62. The zero-order valence-corrected chi connectivity index (χ0v) is 15.5. The monoisotopic (exact) mass is 372 g/mol. The van der Waals surface area contributed by atoms with Crippen LogP contribution in [-0.2, 0) is 9.53 Å². The van der Waals surface area contributed by atoms with Gasteiger partial charge in [0.05, 0.1) is 19.3 Å². The Morgan fingerprint density at radius 1 is 1.15 bits per heavy atom. The number of hydrogen-bond acceptors (Lipinski definition) is 4. The topological polar surface area (TPSA) is 50.8 Å². The Labute approximate surface area is 159 Å². The average Bonchev–Trinajstić information content (AvgIpc) is 2.70. The van der Waals surface area contributed by atoms with Gasteiger partial charge in [0, 0.05) is 19.6 Å². The fourth-order valence-electron chi connectivity index (χ4n) is 3.08. The lowest BCUT2D eigenvalue weighted by atomic mass is 10.0. The maximum Gasteiger partial charge on any atom is 0.258 e. The Kier molecular flexibility index (Phi) is 6.79. The summed E-state index contributed by atoms with van der Waals surface area (Å²) in [5.74, 6) is -0.0715. The fourth-order valence-corrected chi connectivity index (χ4v) is 3.08. The molecule has 0 radical (unpaired) electrons. The molecule has 6 heteroatoms. The number of nitrogens with zero attached hydrogens (tertiary/aromatic N) is 1. The van der Waals surface area contributed by atoms with Gasteiger partial charge in [0.25, 0.3) is 5.91 Å². The van der Waals surface area contributed by atoms with Crippen molar-refractivity contribution in [1.29, 1.82) is 0 Å². The van der Waals surface area contributed by atoms with Crippen molar-refractivity contribution in [3.8, 4) is 5.75 Å². The third kappa shape index (κ3) is 5.77. The van der Waals surface area contributed by atoms with Gasteiger partial charge < -0.3 is 14.8 Å². The van der Waals surface area contributed by atoms with Crippen LogP contribution in [0.1, 0.15) is 17.2 Å². The highest BCUT2D eigenvalue weighted by molar-refractivity contribution is 5.77. The molecule has 5 nitrogen and oxygen atoms in total. The zero-order chi connectivity index (χ0) is 19.1. The molecule has 144 valence electrons. The van der Waals surface area contributed by atoms with E-state index < -0.39 is 0 Å². The molecule has 2 aromatic carbocycles. The van der Waals surface area contributed by atoms with Crippen LogP contribution in [0.3, 0.4) is 0 Å². The normalized spacial score (nSPS) is 15.9. The number of morpholine rings is 1. The predicted molar refractivity (Wildman–Crippen MR) is 101 cm³/mol. The summed E-state index contributed by atoms with van der Waals surface area (Å²) in [5.41, 5.74) is 2.37. The summed E-state index contributed by atoms with van der Waals surface area (Å²) in [6, 6.07) is 14.1. The highest BCUT2D eigenvalue weighted by Gasteiger charge is 2.23. The van der Waals surface area contributed by atoms with E-state index in [4.69, 9.17) is 9.47 Å². The number of halogens is 1. The number of ether oxygens (including phenoxy) is 2. The molecular weight excluding hydrogens is 347 g/mol. The Morgan fingerprint density at radius 3 is 2.48 bits per heavy atom. The second-order valence-corrected chi connectivity index (χ2v) is 6.62. The van der Waals surface area contributed by atoms with Crippen LogP contribution in [0.15, 0.2) is 48.5 Å². The van der Waals surface area contributed by atoms with Gasteiger partial charge in [-0.2, -0.15) is 0 Å². The van der Waals surface area contributed by atoms with Crippen LogP contribution >= 0.6 is 0 Å². The first-order valence-electron chi connectivity index (χ1n) is 9.15. The molecule has 0 spiro atoms. The molecule has 3 rings (SSSR count). The Bertz CT molecular complexity index is 728. The third-order valence-corrected chi connectivity index (χ3v) is 4.62. The minimum atomic E-state index is -0.335. The molecule has 0 aliphatic carbocycles. The van der Waals surface area contributed by atoms with Crippen molar-refractivity contribution in [2.45, 2.75) is 13.0 Å². The van der Waals surface area contributed by atoms with E-state index >= 15 is 0 Å². The molecule has 0 unspecified atom stereocenters. The minimum Gasteiger partial charge on any atom is -0.484 e. The number of rotatable bonds is 7. The summed E-state index contributed by atoms with van der Waals surface area (Å²) in [6.07, 6.45) is 0. The molecule has 1 N–H and O–H groups in total. The largest absolute Gasteiger partial charge is 0.484 e. The van der Waals surface area contributed by atoms with Gasteiger partial charge in [-0.3, -0.25) is 9.69 Å². The van der Waals surface area contributed by atoms with E-state index in [1.54, 1.807) is 0 Å². The first-order valence-corrected chi connectivity index (χ1v) is 9.15. The number of amides is 1. The Hall–Kier alpha value is -2.44. The van der Waals surface area contributed by atoms with Crippen LogP contribution in [0.25, 0.3) is 0 Å². The van der Waals surface area contributed by atoms with E-state index in [1.165, 1.54) is 35.4 Å². The fraction of sp³-hybridized carbons (Fsp3) is 0.381. The number of nitrogens with one attached hydrogen (secondary N) is 1. The Balaban J connectivity index is 1.57. The molecule has 1 amide bonds. The molecule has 1 saturated heterocycles. The lowest BCUT2D eigenvalue weighted by molar-refractivity contribution is -0.123. The molecule has 1 aliphatic rings. The van der Waals surface area contributed by atoms with Gasteiger partial charge in [-0.05, 0) is 36.8 Å². The van der Waals surface area contributed by atoms with Crippen LogP contribution in [-0.4, -0.2) is 50.3 Å². The van der Waals surface area contributed by atoms with Crippen LogP contribution in [0.4, 0.5) is 4.39 Å². The molecule has 0 bridgehead atoms. The van der Waals surface area contributed by atoms with Gasteiger partial charge in [0.15, 0.2) is 6.61 Å². The predicted octanol–water partition coefficient (Wildman–Crippen LogP) is 2.70. The zero-order valence-electron chi connectivity index (χ0n) is 15.5. The van der Waals surface area contributed by atoms with Crippen molar-refractivity contribution in [2.24, 2.45) is 0 Å². The second-order valence-electron chi connectivity index (χ2n) is 6.62. The van der Waals surface area contributed by atoms with Gasteiger partial charge in [0.2, 0.25) is 0 Å². The summed E-state index contributed by atoms with van der Waals surface area (Å²) in [4.78, 5) is 14.5. The summed E-state index contributed by atoms with van der Waals surface area (Å²) in [7, 11) is 0. The lowest BCUT2D eigenvalue weighted by Gasteiger charge is -2.35. The summed E-state index contributed by atoms with van der Waals surface area (Å²) < 4.78 is 23.8.